The van der Waals surface area contributed by atoms with E-state index in [9.17, 15) is 0 Å². The Hall–Kier alpha value is 1.72. The largest absolute Gasteiger partial charge is 0.0584 e. The first kappa shape index (κ1) is 27.3. The summed E-state index contributed by atoms with van der Waals surface area (Å²) in [6.45, 7) is 0. The summed E-state index contributed by atoms with van der Waals surface area (Å²) in [4.78, 5) is 0. The normalized spacial score (nSPS) is 80.0. The lowest BCUT2D eigenvalue weighted by Crippen LogP contribution is -3.04. The topological polar surface area (TPSA) is 0 Å². The van der Waals surface area contributed by atoms with Crippen LogP contribution in [0, 0.1) is 92.7 Å². The van der Waals surface area contributed by atoms with Crippen LogP contribution in [0.1, 0.15) is 154 Å². The lowest BCUT2D eigenvalue weighted by molar-refractivity contribution is -0.0952. The molecule has 22 rings (SSSR count). The van der Waals surface area contributed by atoms with Gasteiger partial charge in [-0.2, -0.15) is 0 Å². The van der Waals surface area contributed by atoms with Crippen LogP contribution in [-0.4, -0.2) is 18.6 Å². The third-order valence-electron chi connectivity index (χ3n) is 22.7. The van der Waals surface area contributed by atoms with Crippen molar-refractivity contribution < 1.29 is 0 Å². The molecule has 0 unspecified atom stereocenters. The molecule has 16 bridgehead atoms. The second kappa shape index (κ2) is 7.49. The molecule has 0 nitrogen and oxygen atoms in total. The van der Waals surface area contributed by atoms with E-state index in [1.54, 1.807) is 77.0 Å². The van der Waals surface area contributed by atoms with Crippen molar-refractivity contribution in [1.29, 1.82) is 0 Å². The van der Waals surface area contributed by atoms with Crippen molar-refractivity contribution in [1.82, 2.24) is 0 Å². The summed E-state index contributed by atoms with van der Waals surface area (Å²) in [6.07, 6.45) is 42.3. The van der Waals surface area contributed by atoms with Gasteiger partial charge in [-0.25, -0.2) is 0 Å². The molecule has 0 aromatic carbocycles. The van der Waals surface area contributed by atoms with Gasteiger partial charge in [-0.05, 0) is 247 Å². The summed E-state index contributed by atoms with van der Waals surface area (Å²) in [5.74, 6) is 14.4. The lowest BCUT2D eigenvalue weighted by atomic mass is 9.49. The fraction of sp³-hybridized carbons (Fsp3) is 1.00. The Kier molecular flexibility index (Phi) is 4.26. The van der Waals surface area contributed by atoms with Crippen LogP contribution in [0.5, 0.6) is 0 Å². The van der Waals surface area contributed by atoms with Gasteiger partial charge in [-0.1, -0.05) is 31.7 Å². The number of hydrogen-bond donors (Lipinski definition) is 0. The molecular weight excluding hydrogens is 652 g/mol. The summed E-state index contributed by atoms with van der Waals surface area (Å²) in [5, 5.41) is 0. The molecule has 4 heteroatoms. The average Bonchev–Trinajstić information content (AvgIpc) is 3.01. The average molecular weight is 713 g/mol. The number of hydrogen-bond acceptors (Lipinski definition) is 0. The SMILES string of the molecule is C1C2CC3CC1CC(C14P5C6(C78CC9CC(CC(C9)C7)C8)P1C1(C78CC9CC(CC(C9)C7)C8)P4C5(C45CC7CC(CC(C7)C4)C5)P61)(C2)C3. The van der Waals surface area contributed by atoms with Crippen LogP contribution in [0.4, 0.5) is 0 Å². The second-order valence-corrected chi connectivity index (χ2v) is 39.6. The predicted molar refractivity (Wildman–Crippen MR) is 201 cm³/mol. The summed E-state index contributed by atoms with van der Waals surface area (Å²) in [6, 6.07) is 0. The monoisotopic (exact) mass is 712 g/mol. The molecule has 48 heavy (non-hydrogen) atoms. The highest BCUT2D eigenvalue weighted by Crippen LogP contribution is 3.56. The predicted octanol–water partition coefficient (Wildman–Crippen LogP) is 13.5. The quantitative estimate of drug-likeness (QED) is 0.255. The summed E-state index contributed by atoms with van der Waals surface area (Å²) >= 11 is 0. The van der Waals surface area contributed by atoms with Gasteiger partial charge < -0.3 is 0 Å². The zero-order chi connectivity index (χ0) is 30.2. The Morgan fingerprint density at radius 1 is 0.208 bits per heavy atom. The molecule has 6 aliphatic heterocycles. The van der Waals surface area contributed by atoms with Gasteiger partial charge in [-0.3, -0.25) is 0 Å². The lowest BCUT2D eigenvalue weighted by Gasteiger charge is -3.25. The molecule has 0 N–H and O–H groups in total. The molecule has 0 aromatic rings. The molecular formula is C44H60P4. The highest BCUT2D eigenvalue weighted by molar-refractivity contribution is 8.53. The Labute approximate surface area is 295 Å². The van der Waals surface area contributed by atoms with Gasteiger partial charge in [0.1, 0.15) is 0 Å². The van der Waals surface area contributed by atoms with Gasteiger partial charge >= 0.3 is 0 Å². The van der Waals surface area contributed by atoms with Crippen LogP contribution in [0.3, 0.4) is 0 Å². The van der Waals surface area contributed by atoms with E-state index < -0.39 is 0 Å². The zero-order valence-electron chi connectivity index (χ0n) is 29.7. The van der Waals surface area contributed by atoms with Crippen molar-refractivity contribution in [3.63, 3.8) is 0 Å². The molecule has 256 valence electrons. The Morgan fingerprint density at radius 2 is 0.333 bits per heavy atom. The first-order chi connectivity index (χ1) is 23.4. The molecule has 0 atom stereocenters. The molecule has 22 aliphatic rings. The van der Waals surface area contributed by atoms with E-state index >= 15 is 0 Å². The maximum Gasteiger partial charge on any atom is 0.0430 e. The minimum atomic E-state index is 0.355. The van der Waals surface area contributed by atoms with Gasteiger partial charge in [0.15, 0.2) is 0 Å². The Morgan fingerprint density at radius 3 is 0.458 bits per heavy atom. The van der Waals surface area contributed by atoms with Crippen molar-refractivity contribution in [2.45, 2.75) is 173 Å². The molecule has 16 saturated carbocycles. The second-order valence-electron chi connectivity index (χ2n) is 24.7. The molecule has 0 aromatic heterocycles. The minimum absolute atomic E-state index is 0.355. The van der Waals surface area contributed by atoms with E-state index in [-0.39, 0.29) is 0 Å². The van der Waals surface area contributed by atoms with Crippen LogP contribution in [-0.2, 0) is 0 Å². The van der Waals surface area contributed by atoms with Crippen LogP contribution in [0.15, 0.2) is 0 Å². The van der Waals surface area contributed by atoms with Crippen LogP contribution in [0.25, 0.3) is 0 Å². The van der Waals surface area contributed by atoms with E-state index in [0.717, 1.165) is 40.2 Å². The van der Waals surface area contributed by atoms with E-state index in [4.69, 9.17) is 0 Å². The van der Waals surface area contributed by atoms with Gasteiger partial charge in [0.2, 0.25) is 0 Å². The van der Waals surface area contributed by atoms with Gasteiger partial charge in [0, 0.05) is 18.6 Å². The fourth-order valence-corrected chi connectivity index (χ4v) is 74.3. The maximum absolute atomic E-state index is 1.82. The van der Waals surface area contributed by atoms with Crippen molar-refractivity contribution in [2.24, 2.45) is 92.7 Å². The minimum Gasteiger partial charge on any atom is -0.0584 e. The number of rotatable bonds is 4. The van der Waals surface area contributed by atoms with Gasteiger partial charge in [0.05, 0.1) is 0 Å². The van der Waals surface area contributed by atoms with Gasteiger partial charge in [0.25, 0.3) is 0 Å². The van der Waals surface area contributed by atoms with E-state index in [1.807, 2.05) is 77.0 Å². The summed E-state index contributed by atoms with van der Waals surface area (Å²) in [7, 11) is 1.42. The molecule has 0 amide bonds. The highest BCUT2D eigenvalue weighted by atomic mass is 31.4. The Bertz CT molecular complexity index is 1220. The third kappa shape index (κ3) is 2.20. The molecule has 0 radical (unpaired) electrons. The highest BCUT2D eigenvalue weighted by Gasteiger charge is 3.25. The smallest absolute Gasteiger partial charge is 0.0430 e. The van der Waals surface area contributed by atoms with Crippen molar-refractivity contribution in [3.8, 4) is 0 Å². The third-order valence-corrected chi connectivity index (χ3v) is 50.3. The van der Waals surface area contributed by atoms with Crippen LogP contribution in [0.2, 0.25) is 0 Å². The molecule has 0 spiro atoms. The van der Waals surface area contributed by atoms with Crippen molar-refractivity contribution >= 4 is 31.7 Å². The van der Waals surface area contributed by atoms with Crippen LogP contribution >= 0.6 is 31.7 Å². The van der Waals surface area contributed by atoms with Gasteiger partial charge in [-0.15, -0.1) is 0 Å². The van der Waals surface area contributed by atoms with E-state index in [1.165, 1.54) is 71.0 Å². The molecule has 6 saturated heterocycles. The molecule has 6 heterocycles. The van der Waals surface area contributed by atoms with E-state index in [0.29, 0.717) is 31.7 Å². The standard InChI is InChI=1S/C44H60P4/c1-25-2-27-3-26(1)14-37(13-25,15-27)41-45-42(38-16-28-4-29(17-38)6-30(5-28)18-38)46(41)44(40-22-34-10-35(23-40)12-36(11-34)24-40)47(41)43(45,48(42)44)39-19-31-7-32(20-39)9-33(8-31)21-39/h25-36H,1-24H2. The molecule has 16 aliphatic carbocycles. The Balaban J connectivity index is 0.925. The fourth-order valence-electron chi connectivity index (χ4n) is 24.5. The summed E-state index contributed by atoms with van der Waals surface area (Å²) in [5.41, 5.74) is 3.76. The maximum atomic E-state index is 1.82. The molecule has 22 fully saturated rings. The van der Waals surface area contributed by atoms with E-state index in [2.05, 4.69) is 0 Å². The van der Waals surface area contributed by atoms with Crippen molar-refractivity contribution in [2.75, 3.05) is 0 Å². The van der Waals surface area contributed by atoms with Crippen molar-refractivity contribution in [3.05, 3.63) is 0 Å². The first-order valence-electron chi connectivity index (χ1n) is 22.6. The van der Waals surface area contributed by atoms with Crippen LogP contribution < -0.4 is 0 Å². The first-order valence-corrected chi connectivity index (χ1v) is 28.0. The zero-order valence-corrected chi connectivity index (χ0v) is 33.3. The summed E-state index contributed by atoms with van der Waals surface area (Å²) < 4.78 is 4.43.